The SMILES string of the molecule is Cc1cc(/C(O)=C2/C(=O)C(=O)N(c3ccc(N4CCN(C)CC4)cc3)C2c2cccs2)ccc1OCc1ccccc1. The van der Waals surface area contributed by atoms with Crippen LogP contribution in [0.3, 0.4) is 0 Å². The molecule has 1 N–H and O–H groups in total. The molecule has 7 nitrogen and oxygen atoms in total. The van der Waals surface area contributed by atoms with Crippen LogP contribution in [-0.4, -0.2) is 54.9 Å². The van der Waals surface area contributed by atoms with Gasteiger partial charge < -0.3 is 19.6 Å². The molecule has 2 aliphatic heterocycles. The molecule has 214 valence electrons. The Morgan fingerprint density at radius 1 is 0.905 bits per heavy atom. The van der Waals surface area contributed by atoms with Crippen LogP contribution in [0.2, 0.25) is 0 Å². The van der Waals surface area contributed by atoms with E-state index in [1.807, 2.05) is 79.0 Å². The Kier molecular flexibility index (Phi) is 7.82. The average molecular weight is 580 g/mol. The van der Waals surface area contributed by atoms with E-state index in [0.717, 1.165) is 47.9 Å². The van der Waals surface area contributed by atoms with Gasteiger partial charge in [-0.3, -0.25) is 14.5 Å². The van der Waals surface area contributed by atoms with Gasteiger partial charge >= 0.3 is 0 Å². The van der Waals surface area contributed by atoms with Crippen molar-refractivity contribution in [3.8, 4) is 5.75 Å². The van der Waals surface area contributed by atoms with Crippen molar-refractivity contribution >= 4 is 40.2 Å². The van der Waals surface area contributed by atoms with E-state index in [4.69, 9.17) is 4.74 Å². The van der Waals surface area contributed by atoms with E-state index in [9.17, 15) is 14.7 Å². The maximum absolute atomic E-state index is 13.5. The lowest BCUT2D eigenvalue weighted by molar-refractivity contribution is -0.132. The fourth-order valence-corrected chi connectivity index (χ4v) is 6.38. The van der Waals surface area contributed by atoms with Crippen LogP contribution in [0.25, 0.3) is 5.76 Å². The smallest absolute Gasteiger partial charge is 0.300 e. The van der Waals surface area contributed by atoms with Crippen molar-refractivity contribution in [2.45, 2.75) is 19.6 Å². The summed E-state index contributed by atoms with van der Waals surface area (Å²) in [4.78, 5) is 34.0. The van der Waals surface area contributed by atoms with Gasteiger partial charge in [-0.25, -0.2) is 0 Å². The normalized spacial score (nSPS) is 19.0. The summed E-state index contributed by atoms with van der Waals surface area (Å²) < 4.78 is 6.00. The molecule has 3 aromatic carbocycles. The number of hydrogen-bond donors (Lipinski definition) is 1. The molecule has 2 aliphatic rings. The van der Waals surface area contributed by atoms with E-state index in [0.29, 0.717) is 23.6 Å². The number of aryl methyl sites for hydroxylation is 1. The number of ether oxygens (including phenoxy) is 1. The number of anilines is 2. The maximum Gasteiger partial charge on any atom is 0.300 e. The molecule has 1 aromatic heterocycles. The van der Waals surface area contributed by atoms with E-state index < -0.39 is 17.7 Å². The van der Waals surface area contributed by atoms with Crippen molar-refractivity contribution in [2.75, 3.05) is 43.0 Å². The van der Waals surface area contributed by atoms with Gasteiger partial charge in [-0.15, -0.1) is 11.3 Å². The average Bonchev–Trinajstić information content (AvgIpc) is 3.64. The predicted molar refractivity (Wildman–Crippen MR) is 167 cm³/mol. The molecule has 2 saturated heterocycles. The summed E-state index contributed by atoms with van der Waals surface area (Å²) in [7, 11) is 2.12. The molecule has 0 aliphatic carbocycles. The summed E-state index contributed by atoms with van der Waals surface area (Å²) >= 11 is 1.45. The zero-order valence-corrected chi connectivity index (χ0v) is 24.5. The highest BCUT2D eigenvalue weighted by atomic mass is 32.1. The van der Waals surface area contributed by atoms with Crippen LogP contribution >= 0.6 is 11.3 Å². The monoisotopic (exact) mass is 579 g/mol. The number of amides is 1. The molecule has 0 spiro atoms. The van der Waals surface area contributed by atoms with Gasteiger partial charge in [-0.2, -0.15) is 0 Å². The number of carbonyl (C=O) groups is 2. The summed E-state index contributed by atoms with van der Waals surface area (Å²) in [5, 5.41) is 13.4. The van der Waals surface area contributed by atoms with E-state index in [-0.39, 0.29) is 11.3 Å². The number of rotatable bonds is 7. The fraction of sp³-hybridized carbons (Fsp3) is 0.235. The van der Waals surface area contributed by atoms with Crippen LogP contribution in [-0.2, 0) is 16.2 Å². The highest BCUT2D eigenvalue weighted by molar-refractivity contribution is 7.10. The first-order valence-electron chi connectivity index (χ1n) is 14.1. The number of nitrogens with zero attached hydrogens (tertiary/aromatic N) is 3. The van der Waals surface area contributed by atoms with Crippen LogP contribution in [0.5, 0.6) is 5.75 Å². The summed E-state index contributed by atoms with van der Waals surface area (Å²) in [5.41, 5.74) is 4.12. The van der Waals surface area contributed by atoms with Crippen LogP contribution < -0.4 is 14.5 Å². The van der Waals surface area contributed by atoms with Crippen molar-refractivity contribution in [3.63, 3.8) is 0 Å². The lowest BCUT2D eigenvalue weighted by atomic mass is 9.98. The second kappa shape index (κ2) is 11.8. The van der Waals surface area contributed by atoms with E-state index in [2.05, 4.69) is 16.8 Å². The quantitative estimate of drug-likeness (QED) is 0.164. The molecule has 4 aromatic rings. The first-order chi connectivity index (χ1) is 20.4. The van der Waals surface area contributed by atoms with Crippen LogP contribution in [0.1, 0.15) is 27.6 Å². The number of ketones is 1. The second-order valence-electron chi connectivity index (χ2n) is 10.7. The highest BCUT2D eigenvalue weighted by Gasteiger charge is 2.47. The summed E-state index contributed by atoms with van der Waals surface area (Å²) in [6.07, 6.45) is 0. The van der Waals surface area contributed by atoms with Crippen LogP contribution in [0.15, 0.2) is 95.9 Å². The lowest BCUT2D eigenvalue weighted by Gasteiger charge is -2.34. The highest BCUT2D eigenvalue weighted by Crippen LogP contribution is 2.44. The molecule has 8 heteroatoms. The van der Waals surface area contributed by atoms with Gasteiger partial charge in [0.15, 0.2) is 0 Å². The summed E-state index contributed by atoms with van der Waals surface area (Å²) in [6.45, 7) is 6.18. The molecule has 1 amide bonds. The molecule has 3 heterocycles. The Labute approximate surface area is 249 Å². The second-order valence-corrected chi connectivity index (χ2v) is 11.7. The molecule has 2 fully saturated rings. The summed E-state index contributed by atoms with van der Waals surface area (Å²) in [6, 6.07) is 26.0. The molecule has 6 rings (SSSR count). The minimum absolute atomic E-state index is 0.0861. The van der Waals surface area contributed by atoms with Crippen LogP contribution in [0.4, 0.5) is 11.4 Å². The van der Waals surface area contributed by atoms with Gasteiger partial charge in [0.2, 0.25) is 0 Å². The van der Waals surface area contributed by atoms with Crippen LogP contribution in [0, 0.1) is 6.92 Å². The minimum Gasteiger partial charge on any atom is -0.507 e. The Morgan fingerprint density at radius 2 is 1.62 bits per heavy atom. The Hall–Kier alpha value is -4.40. The zero-order chi connectivity index (χ0) is 29.2. The third-order valence-corrected chi connectivity index (χ3v) is 8.86. The summed E-state index contributed by atoms with van der Waals surface area (Å²) in [5.74, 6) is -0.856. The van der Waals surface area contributed by atoms with Crippen molar-refractivity contribution in [1.82, 2.24) is 4.90 Å². The van der Waals surface area contributed by atoms with Crippen molar-refractivity contribution in [3.05, 3.63) is 117 Å². The Morgan fingerprint density at radius 3 is 2.29 bits per heavy atom. The minimum atomic E-state index is -0.728. The number of thiophene rings is 1. The van der Waals surface area contributed by atoms with Gasteiger partial charge in [0.25, 0.3) is 11.7 Å². The number of Topliss-reactive ketones (excluding diaryl/α,β-unsaturated/α-hetero) is 1. The zero-order valence-electron chi connectivity index (χ0n) is 23.7. The van der Waals surface area contributed by atoms with Crippen molar-refractivity contribution in [2.24, 2.45) is 0 Å². The molecular formula is C34H33N3O4S. The van der Waals surface area contributed by atoms with E-state index in [1.165, 1.54) is 16.2 Å². The molecule has 0 radical (unpaired) electrons. The van der Waals surface area contributed by atoms with Gasteiger partial charge in [-0.1, -0.05) is 36.4 Å². The standard InChI is InChI=1S/C34H33N3O4S/c1-23-21-25(10-15-28(23)41-22-24-7-4-3-5-8-24)32(38)30-31(29-9-6-20-42-29)37(34(40)33(30)39)27-13-11-26(12-14-27)36-18-16-35(2)17-19-36/h3-15,20-21,31,38H,16-19,22H2,1-2H3/b32-30-. The molecule has 1 unspecified atom stereocenters. The lowest BCUT2D eigenvalue weighted by Crippen LogP contribution is -2.44. The Balaban J connectivity index is 1.31. The first-order valence-corrected chi connectivity index (χ1v) is 14.9. The third kappa shape index (κ3) is 5.43. The van der Waals surface area contributed by atoms with E-state index >= 15 is 0 Å². The number of aliphatic hydroxyl groups is 1. The fourth-order valence-electron chi connectivity index (χ4n) is 5.55. The van der Waals surface area contributed by atoms with Gasteiger partial charge in [0, 0.05) is 48.0 Å². The maximum atomic E-state index is 13.5. The van der Waals surface area contributed by atoms with Gasteiger partial charge in [0.05, 0.1) is 5.57 Å². The van der Waals surface area contributed by atoms with Gasteiger partial charge in [-0.05, 0) is 79.0 Å². The number of piperazine rings is 1. The van der Waals surface area contributed by atoms with E-state index in [1.54, 1.807) is 18.2 Å². The largest absolute Gasteiger partial charge is 0.507 e. The number of hydrogen-bond acceptors (Lipinski definition) is 7. The van der Waals surface area contributed by atoms with Crippen molar-refractivity contribution < 1.29 is 19.4 Å². The Bertz CT molecular complexity index is 1610. The molecule has 42 heavy (non-hydrogen) atoms. The predicted octanol–water partition coefficient (Wildman–Crippen LogP) is 6.01. The molecule has 1 atom stereocenters. The molecule has 0 bridgehead atoms. The van der Waals surface area contributed by atoms with Gasteiger partial charge in [0.1, 0.15) is 24.2 Å². The number of aliphatic hydroxyl groups excluding tert-OH is 1. The number of likely N-dealkylation sites (N-methyl/N-ethyl adjacent to an activating group) is 1. The number of benzene rings is 3. The topological polar surface area (TPSA) is 73.3 Å². The third-order valence-electron chi connectivity index (χ3n) is 7.94. The first kappa shape index (κ1) is 27.8. The number of carbonyl (C=O) groups excluding carboxylic acids is 2. The molecule has 0 saturated carbocycles. The molecular weight excluding hydrogens is 546 g/mol. The van der Waals surface area contributed by atoms with Crippen molar-refractivity contribution in [1.29, 1.82) is 0 Å².